The largest absolute Gasteiger partial charge is 0.497 e. The van der Waals surface area contributed by atoms with E-state index >= 15 is 0 Å². The maximum absolute atomic E-state index is 12.7. The number of anilines is 1. The average molecular weight is 416 g/mol. The van der Waals surface area contributed by atoms with E-state index in [1.54, 1.807) is 12.0 Å². The Labute approximate surface area is 173 Å². The zero-order valence-corrected chi connectivity index (χ0v) is 17.3. The topological polar surface area (TPSA) is 84.9 Å². The number of carbonyl (C=O) groups is 3. The molecule has 0 saturated carbocycles. The second kappa shape index (κ2) is 9.56. The van der Waals surface area contributed by atoms with Crippen LogP contribution in [-0.2, 0) is 25.5 Å². The molecule has 2 amide bonds. The molecule has 154 valence electrons. The van der Waals surface area contributed by atoms with Crippen molar-refractivity contribution in [2.45, 2.75) is 32.2 Å². The quantitative estimate of drug-likeness (QED) is 0.702. The molecule has 0 bridgehead atoms. The highest BCUT2D eigenvalue weighted by molar-refractivity contribution is 7.10. The summed E-state index contributed by atoms with van der Waals surface area (Å²) >= 11 is 1.45. The first-order valence-corrected chi connectivity index (χ1v) is 10.3. The summed E-state index contributed by atoms with van der Waals surface area (Å²) in [5.41, 5.74) is 1.87. The van der Waals surface area contributed by atoms with E-state index in [0.29, 0.717) is 6.54 Å². The van der Waals surface area contributed by atoms with Gasteiger partial charge in [-0.3, -0.25) is 14.4 Å². The Morgan fingerprint density at radius 2 is 2.10 bits per heavy atom. The lowest BCUT2D eigenvalue weighted by Gasteiger charge is -2.29. The fourth-order valence-corrected chi connectivity index (χ4v) is 4.14. The van der Waals surface area contributed by atoms with Gasteiger partial charge < -0.3 is 19.7 Å². The monoisotopic (exact) mass is 416 g/mol. The van der Waals surface area contributed by atoms with Gasteiger partial charge >= 0.3 is 5.97 Å². The highest BCUT2D eigenvalue weighted by Crippen LogP contribution is 2.30. The van der Waals surface area contributed by atoms with Gasteiger partial charge in [-0.2, -0.15) is 0 Å². The summed E-state index contributed by atoms with van der Waals surface area (Å²) in [5.74, 6) is -0.274. The fraction of sp³-hybridized carbons (Fsp3) is 0.381. The van der Waals surface area contributed by atoms with Gasteiger partial charge in [0.05, 0.1) is 19.6 Å². The Hall–Kier alpha value is -2.87. The molecular weight excluding hydrogens is 392 g/mol. The second-order valence-electron chi connectivity index (χ2n) is 6.78. The van der Waals surface area contributed by atoms with Crippen LogP contribution in [0.3, 0.4) is 0 Å². The van der Waals surface area contributed by atoms with Crippen LogP contribution in [0, 0.1) is 0 Å². The first kappa shape index (κ1) is 20.9. The normalized spacial score (nSPS) is 13.9. The van der Waals surface area contributed by atoms with Crippen LogP contribution in [-0.4, -0.2) is 38.0 Å². The number of nitrogens with zero attached hydrogens (tertiary/aromatic N) is 1. The number of ether oxygens (including phenoxy) is 2. The lowest BCUT2D eigenvalue weighted by molar-refractivity contribution is -0.148. The number of esters is 1. The lowest BCUT2D eigenvalue weighted by atomic mass is 10.0. The van der Waals surface area contributed by atoms with Crippen LogP contribution in [0.25, 0.3) is 0 Å². The van der Waals surface area contributed by atoms with Gasteiger partial charge in [-0.05, 0) is 48.1 Å². The van der Waals surface area contributed by atoms with E-state index in [2.05, 4.69) is 5.32 Å². The third-order valence-corrected chi connectivity index (χ3v) is 5.68. The molecule has 0 radical (unpaired) electrons. The molecule has 2 heterocycles. The number of benzene rings is 1. The first-order valence-electron chi connectivity index (χ1n) is 9.41. The molecule has 1 atom stereocenters. The number of nitrogens with one attached hydrogen (secondary N) is 1. The van der Waals surface area contributed by atoms with Gasteiger partial charge in [0.15, 0.2) is 6.61 Å². The highest BCUT2D eigenvalue weighted by Gasteiger charge is 2.25. The minimum Gasteiger partial charge on any atom is -0.497 e. The molecular formula is C21H24N2O5S. The number of hydrogen-bond acceptors (Lipinski definition) is 6. The van der Waals surface area contributed by atoms with Gasteiger partial charge in [-0.25, -0.2) is 0 Å². The zero-order valence-electron chi connectivity index (χ0n) is 16.5. The van der Waals surface area contributed by atoms with E-state index in [9.17, 15) is 14.4 Å². The summed E-state index contributed by atoms with van der Waals surface area (Å²) in [6, 6.07) is 8.85. The summed E-state index contributed by atoms with van der Waals surface area (Å²) < 4.78 is 10.5. The molecule has 0 fully saturated rings. The summed E-state index contributed by atoms with van der Waals surface area (Å²) in [7, 11) is 1.61. The molecule has 0 spiro atoms. The smallest absolute Gasteiger partial charge is 0.308 e. The summed E-state index contributed by atoms with van der Waals surface area (Å²) in [6.45, 7) is 1.65. The molecule has 7 nitrogen and oxygen atoms in total. The SMILES string of the molecule is COc1ccc2c(c1)CCCN2C(=O)COC(=O)CC(NC(C)=O)c1cccs1. The minimum absolute atomic E-state index is 0.0266. The van der Waals surface area contributed by atoms with E-state index in [1.807, 2.05) is 35.7 Å². The molecule has 0 aliphatic carbocycles. The lowest BCUT2D eigenvalue weighted by Crippen LogP contribution is -2.38. The minimum atomic E-state index is -0.530. The average Bonchev–Trinajstić information content (AvgIpc) is 3.25. The Bertz CT molecular complexity index is 881. The van der Waals surface area contributed by atoms with Crippen molar-refractivity contribution in [3.63, 3.8) is 0 Å². The van der Waals surface area contributed by atoms with Crippen LogP contribution in [0.5, 0.6) is 5.75 Å². The van der Waals surface area contributed by atoms with Crippen LogP contribution >= 0.6 is 11.3 Å². The Morgan fingerprint density at radius 3 is 2.79 bits per heavy atom. The number of aryl methyl sites for hydroxylation is 1. The van der Waals surface area contributed by atoms with Gasteiger partial charge in [-0.1, -0.05) is 6.07 Å². The Kier molecular flexibility index (Phi) is 6.87. The van der Waals surface area contributed by atoms with Gasteiger partial charge in [0.25, 0.3) is 5.91 Å². The van der Waals surface area contributed by atoms with E-state index in [4.69, 9.17) is 9.47 Å². The molecule has 1 aromatic heterocycles. The molecule has 1 aliphatic rings. The molecule has 29 heavy (non-hydrogen) atoms. The Morgan fingerprint density at radius 1 is 1.28 bits per heavy atom. The summed E-state index contributed by atoms with van der Waals surface area (Å²) in [6.07, 6.45) is 1.68. The molecule has 0 saturated heterocycles. The molecule has 1 aliphatic heterocycles. The van der Waals surface area contributed by atoms with Gasteiger partial charge in [0.2, 0.25) is 5.91 Å². The predicted octanol–water partition coefficient (Wildman–Crippen LogP) is 2.85. The van der Waals surface area contributed by atoms with Crippen molar-refractivity contribution < 1.29 is 23.9 Å². The van der Waals surface area contributed by atoms with E-state index in [0.717, 1.165) is 34.7 Å². The number of amides is 2. The van der Waals surface area contributed by atoms with E-state index in [1.165, 1.54) is 18.3 Å². The van der Waals surface area contributed by atoms with Crippen molar-refractivity contribution in [3.05, 3.63) is 46.2 Å². The van der Waals surface area contributed by atoms with Crippen LogP contribution in [0.4, 0.5) is 5.69 Å². The second-order valence-corrected chi connectivity index (χ2v) is 7.76. The number of hydrogen-bond donors (Lipinski definition) is 1. The first-order chi connectivity index (χ1) is 14.0. The van der Waals surface area contributed by atoms with Crippen LogP contribution in [0.15, 0.2) is 35.7 Å². The van der Waals surface area contributed by atoms with Crippen molar-refractivity contribution in [3.8, 4) is 5.75 Å². The number of rotatable bonds is 7. The van der Waals surface area contributed by atoms with Crippen molar-refractivity contribution in [1.82, 2.24) is 5.32 Å². The molecule has 1 aromatic carbocycles. The van der Waals surface area contributed by atoms with E-state index in [-0.39, 0.29) is 24.8 Å². The standard InChI is InChI=1S/C21H24N2O5S/c1-14(24)22-17(19-6-4-10-29-19)12-21(26)28-13-20(25)23-9-3-5-15-11-16(27-2)7-8-18(15)23/h4,6-8,10-11,17H,3,5,9,12-13H2,1-2H3,(H,22,24). The van der Waals surface area contributed by atoms with Crippen molar-refractivity contribution >= 4 is 34.8 Å². The Balaban J connectivity index is 1.59. The van der Waals surface area contributed by atoms with Crippen LogP contribution in [0.1, 0.15) is 36.2 Å². The molecule has 3 rings (SSSR count). The van der Waals surface area contributed by atoms with Gasteiger partial charge in [0.1, 0.15) is 5.75 Å². The van der Waals surface area contributed by atoms with E-state index < -0.39 is 12.0 Å². The maximum Gasteiger partial charge on any atom is 0.308 e. The summed E-state index contributed by atoms with van der Waals surface area (Å²) in [5, 5.41) is 4.63. The van der Waals surface area contributed by atoms with Crippen molar-refractivity contribution in [2.75, 3.05) is 25.2 Å². The number of thiophene rings is 1. The van der Waals surface area contributed by atoms with Crippen molar-refractivity contribution in [1.29, 1.82) is 0 Å². The van der Waals surface area contributed by atoms with Crippen LogP contribution in [0.2, 0.25) is 0 Å². The van der Waals surface area contributed by atoms with Crippen LogP contribution < -0.4 is 15.0 Å². The molecule has 2 aromatic rings. The summed E-state index contributed by atoms with van der Waals surface area (Å²) in [4.78, 5) is 38.9. The highest BCUT2D eigenvalue weighted by atomic mass is 32.1. The molecule has 1 unspecified atom stereocenters. The predicted molar refractivity (Wildman–Crippen MR) is 110 cm³/mol. The molecule has 8 heteroatoms. The van der Waals surface area contributed by atoms with Gasteiger partial charge in [0, 0.05) is 24.0 Å². The fourth-order valence-electron chi connectivity index (χ4n) is 3.36. The number of methoxy groups -OCH3 is 1. The van der Waals surface area contributed by atoms with Gasteiger partial charge in [-0.15, -0.1) is 11.3 Å². The van der Waals surface area contributed by atoms with Crippen molar-refractivity contribution in [2.24, 2.45) is 0 Å². The third-order valence-electron chi connectivity index (χ3n) is 4.70. The third kappa shape index (κ3) is 5.35. The number of fused-ring (bicyclic) bond motifs is 1. The number of carbonyl (C=O) groups excluding carboxylic acids is 3. The molecule has 1 N–H and O–H groups in total. The maximum atomic E-state index is 12.7. The zero-order chi connectivity index (χ0) is 20.8.